The molecule has 0 aliphatic heterocycles. The number of ether oxygens (including phenoxy) is 1. The first-order chi connectivity index (χ1) is 25.7. The highest BCUT2D eigenvalue weighted by molar-refractivity contribution is 5.75. The fraction of sp³-hybridized carbons (Fsp3) is 0.222. The van der Waals surface area contributed by atoms with E-state index in [4.69, 9.17) is 10.5 Å². The van der Waals surface area contributed by atoms with Crippen molar-refractivity contribution in [2.75, 3.05) is 0 Å². The highest BCUT2D eigenvalue weighted by Gasteiger charge is 2.26. The molecule has 4 aromatic carbocycles. The summed E-state index contributed by atoms with van der Waals surface area (Å²) in [5, 5.41) is 3.02. The van der Waals surface area contributed by atoms with Gasteiger partial charge in [0.05, 0.1) is 35.9 Å². The van der Waals surface area contributed by atoms with Gasteiger partial charge in [-0.05, 0) is 84.6 Å². The van der Waals surface area contributed by atoms with E-state index in [2.05, 4.69) is 98.1 Å². The van der Waals surface area contributed by atoms with Gasteiger partial charge in [-0.1, -0.05) is 121 Å². The second-order valence-corrected chi connectivity index (χ2v) is 14.5. The summed E-state index contributed by atoms with van der Waals surface area (Å²) in [6.45, 7) is 5.58. The van der Waals surface area contributed by atoms with E-state index in [0.717, 1.165) is 47.6 Å². The largest absolute Gasteiger partial charge is 0.444 e. The van der Waals surface area contributed by atoms with Crippen LogP contribution in [-0.4, -0.2) is 31.6 Å². The summed E-state index contributed by atoms with van der Waals surface area (Å²) >= 11 is 0. The zero-order valence-corrected chi connectivity index (χ0v) is 30.5. The van der Waals surface area contributed by atoms with Gasteiger partial charge < -0.3 is 25.8 Å². The number of alkyl carbamates (subject to hydrolysis) is 1. The highest BCUT2D eigenvalue weighted by atomic mass is 16.6. The van der Waals surface area contributed by atoms with Gasteiger partial charge in [0.1, 0.15) is 17.2 Å². The molecule has 0 fully saturated rings. The number of nitrogens with zero attached hydrogens (tertiary/aromatic N) is 2. The molecule has 2 atom stereocenters. The molecule has 0 saturated heterocycles. The Bertz CT molecular complexity index is 2230. The minimum absolute atomic E-state index is 0.120. The zero-order valence-electron chi connectivity index (χ0n) is 30.5. The minimum atomic E-state index is -0.563. The first-order valence-electron chi connectivity index (χ1n) is 18.2. The van der Waals surface area contributed by atoms with Crippen LogP contribution in [0.4, 0.5) is 4.79 Å². The van der Waals surface area contributed by atoms with Crippen molar-refractivity contribution in [2.45, 2.75) is 64.1 Å². The van der Waals surface area contributed by atoms with Gasteiger partial charge in [0.2, 0.25) is 0 Å². The number of amides is 1. The molecule has 0 spiro atoms. The Hall–Kier alpha value is -5.99. The summed E-state index contributed by atoms with van der Waals surface area (Å²) in [5.41, 5.74) is 17.7. The van der Waals surface area contributed by atoms with E-state index in [1.54, 1.807) is 0 Å². The van der Waals surface area contributed by atoms with Crippen LogP contribution in [0.25, 0.3) is 33.7 Å². The van der Waals surface area contributed by atoms with Crippen LogP contribution in [0.5, 0.6) is 0 Å². The Kier molecular flexibility index (Phi) is 10.5. The number of aromatic nitrogens is 4. The van der Waals surface area contributed by atoms with E-state index >= 15 is 0 Å². The van der Waals surface area contributed by atoms with E-state index in [9.17, 15) is 4.79 Å². The summed E-state index contributed by atoms with van der Waals surface area (Å²) in [4.78, 5) is 28.4. The van der Waals surface area contributed by atoms with Crippen LogP contribution in [0.1, 0.15) is 79.6 Å². The van der Waals surface area contributed by atoms with E-state index < -0.39 is 11.7 Å². The van der Waals surface area contributed by atoms with Crippen molar-refractivity contribution in [3.05, 3.63) is 168 Å². The number of imidazole rings is 2. The first kappa shape index (κ1) is 35.4. The van der Waals surface area contributed by atoms with Crippen molar-refractivity contribution in [1.29, 1.82) is 0 Å². The third-order valence-electron chi connectivity index (χ3n) is 9.46. The van der Waals surface area contributed by atoms with E-state index in [-0.39, 0.29) is 12.1 Å². The monoisotopic (exact) mass is 702 g/mol. The molecular formula is C45H46N6O2. The van der Waals surface area contributed by atoms with Gasteiger partial charge in [-0.15, -0.1) is 0 Å². The number of allylic oxidation sites excluding steroid dienone is 2. The van der Waals surface area contributed by atoms with E-state index in [0.29, 0.717) is 12.2 Å². The number of rotatable bonds is 9. The van der Waals surface area contributed by atoms with Crippen molar-refractivity contribution in [3.63, 3.8) is 0 Å². The summed E-state index contributed by atoms with van der Waals surface area (Å²) in [5.74, 6) is 1.55. The molecule has 8 nitrogen and oxygen atoms in total. The maximum Gasteiger partial charge on any atom is 0.408 e. The van der Waals surface area contributed by atoms with E-state index in [1.807, 2.05) is 81.7 Å². The molecule has 2 aliphatic carbocycles. The number of benzene rings is 4. The van der Waals surface area contributed by atoms with Gasteiger partial charge in [-0.3, -0.25) is 0 Å². The molecule has 6 aromatic rings. The lowest BCUT2D eigenvalue weighted by atomic mass is 9.99. The number of nitrogens with one attached hydrogen (secondary N) is 3. The molecule has 0 bridgehead atoms. The number of carbonyl (C=O) groups is 1. The molecule has 2 aromatic heterocycles. The quantitative estimate of drug-likeness (QED) is 0.120. The predicted molar refractivity (Wildman–Crippen MR) is 213 cm³/mol. The lowest BCUT2D eigenvalue weighted by Gasteiger charge is -2.23. The van der Waals surface area contributed by atoms with Gasteiger partial charge in [0.15, 0.2) is 0 Å². The molecule has 8 rings (SSSR count). The number of aromatic amines is 2. The lowest BCUT2D eigenvalue weighted by Crippen LogP contribution is -2.35. The Balaban J connectivity index is 0.000000170. The average molecular weight is 703 g/mol. The molecule has 2 heterocycles. The van der Waals surface area contributed by atoms with Crippen molar-refractivity contribution in [2.24, 2.45) is 5.73 Å². The number of H-pyrrole nitrogens is 2. The maximum absolute atomic E-state index is 12.5. The molecule has 268 valence electrons. The Morgan fingerprint density at radius 3 is 1.72 bits per heavy atom. The summed E-state index contributed by atoms with van der Waals surface area (Å²) < 4.78 is 5.50. The standard InChI is InChI=1S/C25H27N3O2.C20H19N3/c1-25(2,3)30-24(29)28-21(15-19-14-13-17-9-7-8-12-20(17)19)23-26-16-22(27-23)18-10-5-4-6-11-18;21-18(12-16-11-10-14-6-4-5-9-17(14)16)20-22-13-19(23-20)15-7-2-1-3-8-15/h4-12,14,16,21H,13,15H2,1-3H3,(H,26,27)(H,28,29);1-9,11,13,18H,10,12,21H2,(H,22,23)/t21-;18-/m11/s1. The van der Waals surface area contributed by atoms with Crippen molar-refractivity contribution in [1.82, 2.24) is 25.3 Å². The molecule has 0 saturated carbocycles. The maximum atomic E-state index is 12.5. The van der Waals surface area contributed by atoms with Gasteiger partial charge in [0.25, 0.3) is 0 Å². The second-order valence-electron chi connectivity index (χ2n) is 14.5. The fourth-order valence-corrected chi connectivity index (χ4v) is 6.88. The van der Waals surface area contributed by atoms with Gasteiger partial charge in [-0.2, -0.15) is 0 Å². The van der Waals surface area contributed by atoms with Crippen molar-refractivity contribution in [3.8, 4) is 22.5 Å². The molecule has 1 amide bonds. The Labute approximate surface area is 311 Å². The highest BCUT2D eigenvalue weighted by Crippen LogP contribution is 2.35. The second kappa shape index (κ2) is 15.7. The summed E-state index contributed by atoms with van der Waals surface area (Å²) in [7, 11) is 0. The number of nitrogens with two attached hydrogens (primary N) is 1. The van der Waals surface area contributed by atoms with Crippen molar-refractivity contribution < 1.29 is 9.53 Å². The zero-order chi connectivity index (χ0) is 36.8. The number of hydrogen-bond acceptors (Lipinski definition) is 5. The molecule has 5 N–H and O–H groups in total. The predicted octanol–water partition coefficient (Wildman–Crippen LogP) is 9.78. The Morgan fingerprint density at radius 2 is 1.17 bits per heavy atom. The van der Waals surface area contributed by atoms with Crippen LogP contribution < -0.4 is 11.1 Å². The number of fused-ring (bicyclic) bond motifs is 2. The molecular weight excluding hydrogens is 657 g/mol. The topological polar surface area (TPSA) is 122 Å². The SMILES string of the molecule is CC(C)(C)OC(=O)N[C@H](CC1=CCc2ccccc21)c1ncc(-c2ccccc2)[nH]1.N[C@H](CC1=CCc2ccccc21)c1ncc(-c2ccccc2)[nH]1. The minimum Gasteiger partial charge on any atom is -0.444 e. The van der Waals surface area contributed by atoms with Gasteiger partial charge in [-0.25, -0.2) is 14.8 Å². The lowest BCUT2D eigenvalue weighted by molar-refractivity contribution is 0.0502. The van der Waals surface area contributed by atoms with Crippen LogP contribution in [0.15, 0.2) is 134 Å². The van der Waals surface area contributed by atoms with Crippen LogP contribution in [0.3, 0.4) is 0 Å². The number of carbonyl (C=O) groups excluding carboxylic acids is 1. The van der Waals surface area contributed by atoms with Crippen LogP contribution in [0, 0.1) is 0 Å². The normalized spacial score (nSPS) is 14.2. The molecule has 2 aliphatic rings. The fourth-order valence-electron chi connectivity index (χ4n) is 6.88. The van der Waals surface area contributed by atoms with Crippen molar-refractivity contribution >= 4 is 17.2 Å². The molecule has 53 heavy (non-hydrogen) atoms. The smallest absolute Gasteiger partial charge is 0.408 e. The molecule has 0 unspecified atom stereocenters. The average Bonchev–Trinajstić information content (AvgIpc) is 3.99. The van der Waals surface area contributed by atoms with Crippen LogP contribution in [-0.2, 0) is 17.6 Å². The van der Waals surface area contributed by atoms with Gasteiger partial charge in [0, 0.05) is 6.42 Å². The van der Waals surface area contributed by atoms with Gasteiger partial charge >= 0.3 is 6.09 Å². The van der Waals surface area contributed by atoms with Crippen LogP contribution in [0.2, 0.25) is 0 Å². The van der Waals surface area contributed by atoms with Crippen LogP contribution >= 0.6 is 0 Å². The van der Waals surface area contributed by atoms with E-state index in [1.165, 1.54) is 33.4 Å². The Morgan fingerprint density at radius 1 is 0.698 bits per heavy atom. The summed E-state index contributed by atoms with van der Waals surface area (Å²) in [6, 6.07) is 36.7. The third kappa shape index (κ3) is 8.73. The molecule has 8 heteroatoms. The third-order valence-corrected chi connectivity index (χ3v) is 9.46. The first-order valence-corrected chi connectivity index (χ1v) is 18.2. The number of hydrogen-bond donors (Lipinski definition) is 4. The summed E-state index contributed by atoms with van der Waals surface area (Å²) in [6.07, 6.45) is 11.1. The molecule has 0 radical (unpaired) electrons.